The van der Waals surface area contributed by atoms with Crippen LogP contribution in [0.3, 0.4) is 0 Å². The molecule has 1 aromatic carbocycles. The van der Waals surface area contributed by atoms with Gasteiger partial charge in [0, 0.05) is 19.1 Å². The predicted molar refractivity (Wildman–Crippen MR) is 77.9 cm³/mol. The highest BCUT2D eigenvalue weighted by Gasteiger charge is 2.29. The van der Waals surface area contributed by atoms with Crippen molar-refractivity contribution in [3.8, 4) is 0 Å². The zero-order valence-electron chi connectivity index (χ0n) is 11.0. The van der Waals surface area contributed by atoms with E-state index < -0.39 is 9.84 Å². The molecule has 6 nitrogen and oxygen atoms in total. The van der Waals surface area contributed by atoms with Gasteiger partial charge in [0.25, 0.3) is 5.91 Å². The monoisotopic (exact) mass is 295 g/mol. The number of carbonyl (C=O) groups excluding carboxylic acids is 1. The number of hydrogen-bond acceptors (Lipinski definition) is 5. The van der Waals surface area contributed by atoms with Gasteiger partial charge in [-0.2, -0.15) is 0 Å². The number of hydrogen-bond donors (Lipinski definition) is 3. The normalized spacial score (nSPS) is 23.3. The molecule has 20 heavy (non-hydrogen) atoms. The highest BCUT2D eigenvalue weighted by atomic mass is 32.2. The highest BCUT2D eigenvalue weighted by Crippen LogP contribution is 2.28. The van der Waals surface area contributed by atoms with E-state index in [0.29, 0.717) is 12.0 Å². The first-order valence-corrected chi connectivity index (χ1v) is 8.49. The van der Waals surface area contributed by atoms with Gasteiger partial charge >= 0.3 is 0 Å². The molecule has 1 aromatic rings. The molecule has 108 valence electrons. The van der Waals surface area contributed by atoms with Crippen molar-refractivity contribution in [1.82, 2.24) is 5.32 Å². The Bertz CT molecular complexity index is 642. The van der Waals surface area contributed by atoms with Crippen molar-refractivity contribution in [2.45, 2.75) is 12.5 Å². The molecule has 1 fully saturated rings. The summed E-state index contributed by atoms with van der Waals surface area (Å²) in [5, 5.41) is 9.25. The molecule has 0 radical (unpaired) electrons. The molecule has 2 aliphatic heterocycles. The number of fused-ring (bicyclic) bond motifs is 1. The Balaban J connectivity index is 1.78. The second-order valence-electron chi connectivity index (χ2n) is 5.16. The fourth-order valence-corrected chi connectivity index (χ4v) is 4.31. The molecule has 3 rings (SSSR count). The lowest BCUT2D eigenvalue weighted by Crippen LogP contribution is -2.36. The van der Waals surface area contributed by atoms with E-state index >= 15 is 0 Å². The van der Waals surface area contributed by atoms with E-state index in [0.717, 1.165) is 24.5 Å². The first kappa shape index (κ1) is 13.2. The van der Waals surface area contributed by atoms with Crippen molar-refractivity contribution < 1.29 is 13.2 Å². The van der Waals surface area contributed by atoms with E-state index in [1.807, 2.05) is 12.1 Å². The zero-order valence-corrected chi connectivity index (χ0v) is 11.8. The minimum absolute atomic E-state index is 0.0411. The Labute approximate surface area is 117 Å². The second-order valence-corrected chi connectivity index (χ2v) is 7.38. The van der Waals surface area contributed by atoms with E-state index in [2.05, 4.69) is 16.0 Å². The maximum absolute atomic E-state index is 12.3. The molecule has 2 heterocycles. The molecule has 0 aliphatic carbocycles. The van der Waals surface area contributed by atoms with Crippen LogP contribution in [0.15, 0.2) is 18.2 Å². The first-order valence-electron chi connectivity index (χ1n) is 6.67. The summed E-state index contributed by atoms with van der Waals surface area (Å²) in [7, 11) is -2.98. The van der Waals surface area contributed by atoms with Crippen molar-refractivity contribution in [3.05, 3.63) is 23.8 Å². The van der Waals surface area contributed by atoms with Crippen molar-refractivity contribution in [2.24, 2.45) is 0 Å². The Morgan fingerprint density at radius 1 is 1.25 bits per heavy atom. The van der Waals surface area contributed by atoms with Gasteiger partial charge in [-0.1, -0.05) is 6.07 Å². The van der Waals surface area contributed by atoms with Gasteiger partial charge in [0.15, 0.2) is 9.84 Å². The van der Waals surface area contributed by atoms with Gasteiger partial charge in [0.1, 0.15) is 0 Å². The van der Waals surface area contributed by atoms with Gasteiger partial charge < -0.3 is 16.0 Å². The Kier molecular flexibility index (Phi) is 3.29. The molecule has 1 amide bonds. The van der Waals surface area contributed by atoms with E-state index in [9.17, 15) is 13.2 Å². The topological polar surface area (TPSA) is 87.3 Å². The average Bonchev–Trinajstić information content (AvgIpc) is 2.77. The molecule has 0 bridgehead atoms. The van der Waals surface area contributed by atoms with Gasteiger partial charge in [-0.3, -0.25) is 4.79 Å². The van der Waals surface area contributed by atoms with Gasteiger partial charge in [-0.25, -0.2) is 8.42 Å². The number of amides is 1. The van der Waals surface area contributed by atoms with Crippen LogP contribution in [0.4, 0.5) is 11.4 Å². The molecule has 7 heteroatoms. The van der Waals surface area contributed by atoms with Crippen molar-refractivity contribution in [1.29, 1.82) is 0 Å². The number of carbonyl (C=O) groups is 1. The number of anilines is 2. The van der Waals surface area contributed by atoms with E-state index in [4.69, 9.17) is 0 Å². The van der Waals surface area contributed by atoms with Crippen LogP contribution in [0.2, 0.25) is 0 Å². The standard InChI is InChI=1S/C13H17N3O3S/c17-13(16-9-4-7-20(18,19)8-9)10-2-1-3-11-12(10)15-6-5-14-11/h1-3,9,14-15H,4-8H2,(H,16,17). The minimum Gasteiger partial charge on any atom is -0.382 e. The van der Waals surface area contributed by atoms with Crippen LogP contribution in [-0.2, 0) is 9.84 Å². The SMILES string of the molecule is O=C(NC1CCS(=O)(=O)C1)c1cccc2c1NCCN2. The Morgan fingerprint density at radius 3 is 2.80 bits per heavy atom. The third-order valence-corrected chi connectivity index (χ3v) is 5.39. The Hall–Kier alpha value is -1.76. The molecule has 0 saturated carbocycles. The summed E-state index contributed by atoms with van der Waals surface area (Å²) in [4.78, 5) is 12.3. The number of para-hydroxylation sites is 1. The van der Waals surface area contributed by atoms with Gasteiger partial charge in [0.2, 0.25) is 0 Å². The molecule has 1 unspecified atom stereocenters. The third kappa shape index (κ3) is 2.58. The van der Waals surface area contributed by atoms with E-state index in [1.54, 1.807) is 6.07 Å². The summed E-state index contributed by atoms with van der Waals surface area (Å²) in [5.41, 5.74) is 2.25. The fourth-order valence-electron chi connectivity index (χ4n) is 2.64. The third-order valence-electron chi connectivity index (χ3n) is 3.62. The highest BCUT2D eigenvalue weighted by molar-refractivity contribution is 7.91. The van der Waals surface area contributed by atoms with E-state index in [1.165, 1.54) is 0 Å². The lowest BCUT2D eigenvalue weighted by atomic mass is 10.1. The van der Waals surface area contributed by atoms with Crippen LogP contribution >= 0.6 is 0 Å². The summed E-state index contributed by atoms with van der Waals surface area (Å²) in [5.74, 6) is -0.0236. The van der Waals surface area contributed by atoms with Crippen LogP contribution in [0.5, 0.6) is 0 Å². The fraction of sp³-hybridized carbons (Fsp3) is 0.462. The zero-order chi connectivity index (χ0) is 14.2. The molecule has 1 atom stereocenters. The lowest BCUT2D eigenvalue weighted by molar-refractivity contribution is 0.0942. The van der Waals surface area contributed by atoms with Gasteiger partial charge in [-0.15, -0.1) is 0 Å². The van der Waals surface area contributed by atoms with Crippen molar-refractivity contribution in [2.75, 3.05) is 35.2 Å². The molecular formula is C13H17N3O3S. The summed E-state index contributed by atoms with van der Waals surface area (Å²) in [6, 6.07) is 5.20. The number of rotatable bonds is 2. The first-order chi connectivity index (χ1) is 9.55. The quantitative estimate of drug-likeness (QED) is 0.737. The van der Waals surface area contributed by atoms with Crippen LogP contribution in [-0.4, -0.2) is 45.0 Å². The number of sulfone groups is 1. The minimum atomic E-state index is -2.98. The van der Waals surface area contributed by atoms with Crippen molar-refractivity contribution >= 4 is 27.1 Å². The number of nitrogens with one attached hydrogen (secondary N) is 3. The smallest absolute Gasteiger partial charge is 0.253 e. The van der Waals surface area contributed by atoms with Crippen LogP contribution in [0, 0.1) is 0 Å². The summed E-state index contributed by atoms with van der Waals surface area (Å²) in [6.07, 6.45) is 0.495. The van der Waals surface area contributed by atoms with Crippen LogP contribution < -0.4 is 16.0 Å². The summed E-state index contributed by atoms with van der Waals surface area (Å²) < 4.78 is 22.8. The second kappa shape index (κ2) is 4.97. The predicted octanol–water partition coefficient (Wildman–Crippen LogP) is 0.441. The van der Waals surface area contributed by atoms with Gasteiger partial charge in [0.05, 0.1) is 28.4 Å². The van der Waals surface area contributed by atoms with Gasteiger partial charge in [-0.05, 0) is 18.6 Å². The van der Waals surface area contributed by atoms with Crippen molar-refractivity contribution in [3.63, 3.8) is 0 Å². The average molecular weight is 295 g/mol. The molecule has 3 N–H and O–H groups in total. The Morgan fingerprint density at radius 2 is 2.05 bits per heavy atom. The molecule has 0 spiro atoms. The maximum Gasteiger partial charge on any atom is 0.253 e. The molecule has 2 aliphatic rings. The van der Waals surface area contributed by atoms with Crippen LogP contribution in [0.1, 0.15) is 16.8 Å². The van der Waals surface area contributed by atoms with Crippen LogP contribution in [0.25, 0.3) is 0 Å². The molecule has 1 saturated heterocycles. The molecular weight excluding hydrogens is 278 g/mol. The lowest BCUT2D eigenvalue weighted by Gasteiger charge is -2.22. The maximum atomic E-state index is 12.3. The molecule has 0 aromatic heterocycles. The summed E-state index contributed by atoms with van der Waals surface area (Å²) >= 11 is 0. The largest absolute Gasteiger partial charge is 0.382 e. The van der Waals surface area contributed by atoms with E-state index in [-0.39, 0.29) is 23.5 Å². The number of benzene rings is 1. The summed E-state index contributed by atoms with van der Waals surface area (Å²) in [6.45, 7) is 1.58.